The molecule has 11 nitrogen and oxygen atoms in total. The Morgan fingerprint density at radius 2 is 1.97 bits per heavy atom. The summed E-state index contributed by atoms with van der Waals surface area (Å²) in [6.45, 7) is 0.376. The van der Waals surface area contributed by atoms with Crippen molar-refractivity contribution in [2.45, 2.75) is 24.5 Å². The molecule has 1 atom stereocenters. The van der Waals surface area contributed by atoms with E-state index in [1.165, 1.54) is 11.8 Å². The number of carbonyl (C=O) groups excluding carboxylic acids is 1. The van der Waals surface area contributed by atoms with Crippen molar-refractivity contribution in [3.63, 3.8) is 0 Å². The maximum Gasteiger partial charge on any atom is 0.534 e. The molecule has 0 radical (unpaired) electrons. The van der Waals surface area contributed by atoms with Crippen molar-refractivity contribution in [2.24, 2.45) is 0 Å². The van der Waals surface area contributed by atoms with E-state index in [0.717, 1.165) is 22.7 Å². The van der Waals surface area contributed by atoms with Gasteiger partial charge in [-0.05, 0) is 24.1 Å². The molecular weight excluding hydrogens is 495 g/mol. The lowest BCUT2D eigenvalue weighted by atomic mass is 10.2. The summed E-state index contributed by atoms with van der Waals surface area (Å²) in [5.74, 6) is -0.00366. The van der Waals surface area contributed by atoms with Crippen molar-refractivity contribution in [2.75, 3.05) is 25.5 Å². The lowest BCUT2D eigenvalue weighted by Gasteiger charge is -2.19. The number of methoxy groups -OCH3 is 1. The van der Waals surface area contributed by atoms with Crippen molar-refractivity contribution in [3.05, 3.63) is 42.1 Å². The summed E-state index contributed by atoms with van der Waals surface area (Å²) in [6.07, 6.45) is 0.122. The van der Waals surface area contributed by atoms with Crippen molar-refractivity contribution >= 4 is 33.1 Å². The average Bonchev–Trinajstić information content (AvgIpc) is 3.39. The summed E-state index contributed by atoms with van der Waals surface area (Å²) < 4.78 is 73.2. The van der Waals surface area contributed by atoms with Gasteiger partial charge in [0, 0.05) is 31.4 Å². The van der Waals surface area contributed by atoms with E-state index in [4.69, 9.17) is 4.74 Å². The summed E-state index contributed by atoms with van der Waals surface area (Å²) in [7, 11) is -4.45. The lowest BCUT2D eigenvalue weighted by Crippen LogP contribution is -2.40. The van der Waals surface area contributed by atoms with Gasteiger partial charge in [0.1, 0.15) is 17.2 Å². The molecule has 4 rings (SSSR count). The number of aromatic nitrogens is 3. The Kier molecular flexibility index (Phi) is 6.36. The number of nitrogens with one attached hydrogen (secondary N) is 1. The van der Waals surface area contributed by atoms with E-state index in [2.05, 4.69) is 19.6 Å². The number of carbonyl (C=O) groups is 1. The summed E-state index contributed by atoms with van der Waals surface area (Å²) >= 11 is 0. The quantitative estimate of drug-likeness (QED) is 0.367. The Hall–Kier alpha value is -3.75. The second kappa shape index (κ2) is 9.13. The van der Waals surface area contributed by atoms with Gasteiger partial charge in [-0.15, -0.1) is 0 Å². The first-order valence-corrected chi connectivity index (χ1v) is 11.6. The molecule has 1 N–H and O–H groups in total. The molecule has 1 saturated heterocycles. The molecule has 0 saturated carbocycles. The minimum absolute atomic E-state index is 0.000755. The zero-order chi connectivity index (χ0) is 25.4. The van der Waals surface area contributed by atoms with Gasteiger partial charge in [-0.1, -0.05) is 12.1 Å². The van der Waals surface area contributed by atoms with E-state index in [1.54, 1.807) is 24.3 Å². The van der Waals surface area contributed by atoms with Crippen LogP contribution >= 0.6 is 0 Å². The van der Waals surface area contributed by atoms with E-state index in [1.807, 2.05) is 0 Å². The van der Waals surface area contributed by atoms with Crippen LogP contribution in [0.4, 0.5) is 23.8 Å². The van der Waals surface area contributed by atoms with E-state index in [9.17, 15) is 31.5 Å². The van der Waals surface area contributed by atoms with E-state index in [0.29, 0.717) is 12.2 Å². The highest BCUT2D eigenvalue weighted by atomic mass is 32.2. The molecule has 1 aliphatic rings. The number of hydrogen-bond acceptors (Lipinski definition) is 9. The second-order valence-corrected chi connectivity index (χ2v) is 9.22. The third-order valence-corrected chi connectivity index (χ3v) is 6.32. The Labute approximate surface area is 197 Å². The van der Waals surface area contributed by atoms with Crippen LogP contribution < -0.4 is 19.3 Å². The topological polar surface area (TPSA) is 139 Å². The highest BCUT2D eigenvalue weighted by Gasteiger charge is 2.49. The number of halogens is 3. The van der Waals surface area contributed by atoms with E-state index < -0.39 is 33.5 Å². The summed E-state index contributed by atoms with van der Waals surface area (Å²) in [4.78, 5) is 16.4. The highest BCUT2D eigenvalue weighted by Crippen LogP contribution is 2.36. The molecule has 1 amide bonds. The maximum atomic E-state index is 13.0. The van der Waals surface area contributed by atoms with Crippen molar-refractivity contribution in [1.29, 1.82) is 0 Å². The van der Waals surface area contributed by atoms with Gasteiger partial charge < -0.3 is 29.0 Å². The van der Waals surface area contributed by atoms with Gasteiger partial charge in [0.05, 0.1) is 13.7 Å². The molecule has 1 aliphatic heterocycles. The average molecular weight is 514 g/mol. The Morgan fingerprint density at radius 1 is 1.26 bits per heavy atom. The molecule has 2 aromatic heterocycles. The number of benzene rings is 1. The first kappa shape index (κ1) is 24.4. The van der Waals surface area contributed by atoms with Crippen LogP contribution in [-0.4, -0.2) is 65.9 Å². The minimum Gasteiger partial charge on any atom is -0.530 e. The molecule has 0 bridgehead atoms. The van der Waals surface area contributed by atoms with Crippen LogP contribution in [0, 0.1) is 0 Å². The molecule has 188 valence electrons. The van der Waals surface area contributed by atoms with Crippen LogP contribution in [0.2, 0.25) is 0 Å². The highest BCUT2D eigenvalue weighted by molar-refractivity contribution is 7.88. The normalized spacial score (nSPS) is 16.5. The molecule has 0 aliphatic carbocycles. The van der Waals surface area contributed by atoms with Crippen LogP contribution in [0.1, 0.15) is 12.0 Å². The lowest BCUT2D eigenvalue weighted by molar-refractivity contribution is -0.264. The minimum atomic E-state index is -5.96. The monoisotopic (exact) mass is 514 g/mol. The third-order valence-electron chi connectivity index (χ3n) is 5.36. The zero-order valence-corrected chi connectivity index (χ0v) is 19.0. The maximum absolute atomic E-state index is 13.0. The van der Waals surface area contributed by atoms with Gasteiger partial charge in [-0.2, -0.15) is 26.7 Å². The standard InChI is InChI=1S/C20H20F3N5O6S/c1-33-14-4-2-12(3-5-14)10-28-18-16(15(6-8-24-18)34-35(31,32)20(21,22)23)17(26-28)25-13-7-9-27(11-13)19(29)30/h2-6,8,13H,7,9-11H2,1H3,(H,25,26)(H,29,30)/p-1/t13-/m1/s1. The number of fused-ring (bicyclic) bond motifs is 1. The molecule has 1 fully saturated rings. The summed E-state index contributed by atoms with van der Waals surface area (Å²) in [5, 5.41) is 18.4. The number of nitrogens with zero attached hydrogens (tertiary/aromatic N) is 4. The molecule has 1 aromatic carbocycles. The Bertz CT molecular complexity index is 1340. The number of hydrogen-bond donors (Lipinski definition) is 1. The molecule has 35 heavy (non-hydrogen) atoms. The number of rotatable bonds is 7. The first-order valence-electron chi connectivity index (χ1n) is 10.2. The van der Waals surface area contributed by atoms with Gasteiger partial charge in [-0.3, -0.25) is 0 Å². The molecule has 0 spiro atoms. The zero-order valence-electron chi connectivity index (χ0n) is 18.2. The fourth-order valence-electron chi connectivity index (χ4n) is 3.66. The Morgan fingerprint density at radius 3 is 2.57 bits per heavy atom. The third kappa shape index (κ3) is 5.03. The number of amides is 1. The van der Waals surface area contributed by atoms with Gasteiger partial charge in [0.15, 0.2) is 17.2 Å². The summed E-state index contributed by atoms with van der Waals surface area (Å²) in [5.41, 5.74) is -4.83. The van der Waals surface area contributed by atoms with Gasteiger partial charge in [-0.25, -0.2) is 9.67 Å². The molecule has 0 unspecified atom stereocenters. The van der Waals surface area contributed by atoms with Crippen molar-refractivity contribution in [3.8, 4) is 11.5 Å². The summed E-state index contributed by atoms with van der Waals surface area (Å²) in [6, 6.07) is 7.47. The van der Waals surface area contributed by atoms with Gasteiger partial charge in [0.2, 0.25) is 0 Å². The molecule has 15 heteroatoms. The Balaban J connectivity index is 1.75. The van der Waals surface area contributed by atoms with Crippen molar-refractivity contribution in [1.82, 2.24) is 19.7 Å². The number of carboxylic acid groups (broad SMARTS) is 1. The van der Waals surface area contributed by atoms with Gasteiger partial charge >= 0.3 is 15.6 Å². The number of anilines is 1. The smallest absolute Gasteiger partial charge is 0.530 e. The molecular formula is C20H19F3N5O6S-. The number of alkyl halides is 3. The number of pyridine rings is 1. The predicted octanol–water partition coefficient (Wildman–Crippen LogP) is 1.55. The number of likely N-dealkylation sites (tertiary alicyclic amines) is 1. The largest absolute Gasteiger partial charge is 0.534 e. The van der Waals surface area contributed by atoms with Crippen LogP contribution in [0.5, 0.6) is 11.5 Å². The number of ether oxygens (including phenoxy) is 1. The fraction of sp³-hybridized carbons (Fsp3) is 0.350. The first-order chi connectivity index (χ1) is 16.5. The SMILES string of the molecule is COc1ccc(Cn2nc(N[C@@H]3CCN(C(=O)[O-])C3)c3c(OS(=O)(=O)C(F)(F)F)ccnc32)cc1. The predicted molar refractivity (Wildman–Crippen MR) is 114 cm³/mol. The molecule has 3 heterocycles. The van der Waals surface area contributed by atoms with Crippen LogP contribution in [0.25, 0.3) is 11.0 Å². The van der Waals surface area contributed by atoms with E-state index >= 15 is 0 Å². The van der Waals surface area contributed by atoms with Crippen LogP contribution in [0.15, 0.2) is 36.5 Å². The molecule has 3 aromatic rings. The second-order valence-electron chi connectivity index (χ2n) is 7.69. The van der Waals surface area contributed by atoms with Crippen LogP contribution in [0.3, 0.4) is 0 Å². The fourth-order valence-corrected chi connectivity index (χ4v) is 4.13. The van der Waals surface area contributed by atoms with E-state index in [-0.39, 0.29) is 36.5 Å². The van der Waals surface area contributed by atoms with Crippen molar-refractivity contribution < 1.29 is 40.4 Å². The van der Waals surface area contributed by atoms with Gasteiger partial charge in [0.25, 0.3) is 0 Å². The van der Waals surface area contributed by atoms with Crippen LogP contribution in [-0.2, 0) is 16.7 Å².